The van der Waals surface area contributed by atoms with Crippen molar-refractivity contribution in [3.63, 3.8) is 0 Å². The lowest BCUT2D eigenvalue weighted by molar-refractivity contribution is -0.136. The van der Waals surface area contributed by atoms with E-state index in [0.29, 0.717) is 18.5 Å². The third-order valence-corrected chi connectivity index (χ3v) is 3.22. The van der Waals surface area contributed by atoms with E-state index < -0.39 is 5.97 Å². The van der Waals surface area contributed by atoms with Crippen LogP contribution in [0.2, 0.25) is 0 Å². The minimum atomic E-state index is -0.830. The maximum atomic E-state index is 11.3. The van der Waals surface area contributed by atoms with Crippen LogP contribution >= 0.6 is 11.3 Å². The van der Waals surface area contributed by atoms with Crippen LogP contribution in [0.1, 0.15) is 27.2 Å². The van der Waals surface area contributed by atoms with E-state index in [9.17, 15) is 9.59 Å². The van der Waals surface area contributed by atoms with Crippen molar-refractivity contribution in [3.05, 3.63) is 21.4 Å². The summed E-state index contributed by atoms with van der Waals surface area (Å²) in [5.41, 5.74) is 1.57. The van der Waals surface area contributed by atoms with Crippen molar-refractivity contribution in [1.29, 1.82) is 0 Å². The highest BCUT2D eigenvalue weighted by Gasteiger charge is 2.24. The number of carboxylic acid groups (broad SMARTS) is 1. The Labute approximate surface area is 84.6 Å². The van der Waals surface area contributed by atoms with Crippen LogP contribution in [0, 0.1) is 0 Å². The molecule has 0 bridgehead atoms. The molecule has 14 heavy (non-hydrogen) atoms. The molecule has 1 aromatic rings. The number of amides is 1. The van der Waals surface area contributed by atoms with Crippen LogP contribution in [-0.4, -0.2) is 17.0 Å². The Kier molecular flexibility index (Phi) is 2.25. The summed E-state index contributed by atoms with van der Waals surface area (Å²) in [7, 11) is 0. The summed E-state index contributed by atoms with van der Waals surface area (Å²) in [4.78, 5) is 22.7. The normalized spacial score (nSPS) is 13.9. The molecule has 0 atom stereocenters. The van der Waals surface area contributed by atoms with E-state index in [1.54, 1.807) is 0 Å². The standard InChI is InChI=1S/C9H9NO3S/c11-7(12)2-1-5-4-14-6-3-10-9(13)8(5)6/h4H,1-3H2,(H,10,13)(H,11,12). The topological polar surface area (TPSA) is 66.4 Å². The van der Waals surface area contributed by atoms with Crippen molar-refractivity contribution in [2.45, 2.75) is 19.4 Å². The first kappa shape index (κ1) is 9.21. The Hall–Kier alpha value is -1.36. The average molecular weight is 211 g/mol. The fourth-order valence-electron chi connectivity index (χ4n) is 1.52. The second kappa shape index (κ2) is 3.42. The van der Waals surface area contributed by atoms with Gasteiger partial charge in [0.15, 0.2) is 0 Å². The largest absolute Gasteiger partial charge is 0.481 e. The number of hydrogen-bond acceptors (Lipinski definition) is 3. The van der Waals surface area contributed by atoms with Crippen LogP contribution in [0.25, 0.3) is 0 Å². The molecule has 1 amide bonds. The van der Waals surface area contributed by atoms with Gasteiger partial charge >= 0.3 is 5.97 Å². The minimum Gasteiger partial charge on any atom is -0.481 e. The molecule has 2 rings (SSSR count). The van der Waals surface area contributed by atoms with Crippen LogP contribution in [0.4, 0.5) is 0 Å². The number of rotatable bonds is 3. The molecule has 0 aliphatic carbocycles. The smallest absolute Gasteiger partial charge is 0.303 e. The number of hydrogen-bond donors (Lipinski definition) is 2. The van der Waals surface area contributed by atoms with Gasteiger partial charge in [-0.2, -0.15) is 0 Å². The molecule has 0 saturated heterocycles. The SMILES string of the molecule is O=C(O)CCc1csc2c1C(=O)NC2. The highest BCUT2D eigenvalue weighted by atomic mass is 32.1. The summed E-state index contributed by atoms with van der Waals surface area (Å²) in [5, 5.41) is 13.1. The van der Waals surface area contributed by atoms with Gasteiger partial charge in [0.2, 0.25) is 0 Å². The zero-order chi connectivity index (χ0) is 10.1. The molecule has 5 heteroatoms. The van der Waals surface area contributed by atoms with Crippen molar-refractivity contribution >= 4 is 23.2 Å². The van der Waals surface area contributed by atoms with E-state index in [4.69, 9.17) is 5.11 Å². The lowest BCUT2D eigenvalue weighted by Crippen LogP contribution is -2.14. The van der Waals surface area contributed by atoms with E-state index in [0.717, 1.165) is 10.4 Å². The number of carbonyl (C=O) groups is 2. The first-order chi connectivity index (χ1) is 6.68. The van der Waals surface area contributed by atoms with Gasteiger partial charge in [0, 0.05) is 11.3 Å². The van der Waals surface area contributed by atoms with Gasteiger partial charge in [0.1, 0.15) is 0 Å². The van der Waals surface area contributed by atoms with Crippen molar-refractivity contribution in [3.8, 4) is 0 Å². The van der Waals surface area contributed by atoms with Crippen LogP contribution < -0.4 is 5.32 Å². The number of carboxylic acids is 1. The zero-order valence-electron chi connectivity index (χ0n) is 7.37. The second-order valence-electron chi connectivity index (χ2n) is 3.14. The van der Waals surface area contributed by atoms with Crippen molar-refractivity contribution in [1.82, 2.24) is 5.32 Å². The van der Waals surface area contributed by atoms with Crippen LogP contribution in [0.3, 0.4) is 0 Å². The fraction of sp³-hybridized carbons (Fsp3) is 0.333. The second-order valence-corrected chi connectivity index (χ2v) is 4.10. The predicted octanol–water partition coefficient (Wildman–Crippen LogP) is 1.01. The highest BCUT2D eigenvalue weighted by molar-refractivity contribution is 7.10. The molecule has 0 aromatic carbocycles. The Bertz CT molecular complexity index is 397. The zero-order valence-corrected chi connectivity index (χ0v) is 8.19. The van der Waals surface area contributed by atoms with Crippen LogP contribution in [0.5, 0.6) is 0 Å². The first-order valence-electron chi connectivity index (χ1n) is 4.27. The molecule has 1 aliphatic heterocycles. The highest BCUT2D eigenvalue weighted by Crippen LogP contribution is 2.27. The fourth-order valence-corrected chi connectivity index (χ4v) is 2.53. The molecule has 1 aliphatic rings. The minimum absolute atomic E-state index is 0.0679. The molecular formula is C9H9NO3S. The van der Waals surface area contributed by atoms with E-state index in [1.165, 1.54) is 11.3 Å². The molecule has 0 unspecified atom stereocenters. The van der Waals surface area contributed by atoms with Gasteiger partial charge in [-0.05, 0) is 17.4 Å². The molecule has 4 nitrogen and oxygen atoms in total. The molecule has 0 radical (unpaired) electrons. The Morgan fingerprint density at radius 1 is 1.64 bits per heavy atom. The van der Waals surface area contributed by atoms with Gasteiger partial charge < -0.3 is 10.4 Å². The maximum Gasteiger partial charge on any atom is 0.303 e. The van der Waals surface area contributed by atoms with Crippen molar-refractivity contribution < 1.29 is 14.7 Å². The van der Waals surface area contributed by atoms with Gasteiger partial charge in [0.05, 0.1) is 12.1 Å². The predicted molar refractivity (Wildman–Crippen MR) is 51.4 cm³/mol. The van der Waals surface area contributed by atoms with E-state index in [-0.39, 0.29) is 12.3 Å². The van der Waals surface area contributed by atoms with Gasteiger partial charge in [-0.25, -0.2) is 0 Å². The molecule has 2 N–H and O–H groups in total. The monoisotopic (exact) mass is 211 g/mol. The quantitative estimate of drug-likeness (QED) is 0.784. The van der Waals surface area contributed by atoms with Crippen LogP contribution in [-0.2, 0) is 17.8 Å². The summed E-state index contributed by atoms with van der Waals surface area (Å²) in [6, 6.07) is 0. The molecule has 74 valence electrons. The third kappa shape index (κ3) is 1.50. The van der Waals surface area contributed by atoms with Crippen molar-refractivity contribution in [2.24, 2.45) is 0 Å². The molecule has 2 heterocycles. The lowest BCUT2D eigenvalue weighted by Gasteiger charge is -1.97. The first-order valence-corrected chi connectivity index (χ1v) is 5.15. The summed E-state index contributed by atoms with van der Waals surface area (Å²) < 4.78 is 0. The summed E-state index contributed by atoms with van der Waals surface area (Å²) in [5.74, 6) is -0.898. The van der Waals surface area contributed by atoms with Crippen molar-refractivity contribution in [2.75, 3.05) is 0 Å². The molecule has 0 spiro atoms. The van der Waals surface area contributed by atoms with Gasteiger partial charge in [-0.15, -0.1) is 11.3 Å². The van der Waals surface area contributed by atoms with E-state index in [2.05, 4.69) is 5.32 Å². The molecule has 1 aromatic heterocycles. The summed E-state index contributed by atoms with van der Waals surface area (Å²) in [6.45, 7) is 0.589. The number of fused-ring (bicyclic) bond motifs is 1. The lowest BCUT2D eigenvalue weighted by atomic mass is 10.1. The Balaban J connectivity index is 2.19. The Morgan fingerprint density at radius 3 is 3.14 bits per heavy atom. The van der Waals surface area contributed by atoms with Crippen LogP contribution in [0.15, 0.2) is 5.38 Å². The molecular weight excluding hydrogens is 202 g/mol. The van der Waals surface area contributed by atoms with E-state index in [1.807, 2.05) is 5.38 Å². The Morgan fingerprint density at radius 2 is 2.43 bits per heavy atom. The van der Waals surface area contributed by atoms with Gasteiger partial charge in [0.25, 0.3) is 5.91 Å². The third-order valence-electron chi connectivity index (χ3n) is 2.19. The number of nitrogens with one attached hydrogen (secondary N) is 1. The summed E-state index contributed by atoms with van der Waals surface area (Å²) in [6.07, 6.45) is 0.519. The maximum absolute atomic E-state index is 11.3. The van der Waals surface area contributed by atoms with Gasteiger partial charge in [-0.1, -0.05) is 0 Å². The van der Waals surface area contributed by atoms with Gasteiger partial charge in [-0.3, -0.25) is 9.59 Å². The number of aryl methyl sites for hydroxylation is 1. The average Bonchev–Trinajstić information content (AvgIpc) is 2.66. The molecule has 0 fully saturated rings. The van der Waals surface area contributed by atoms with E-state index >= 15 is 0 Å². The molecule has 0 saturated carbocycles. The number of aliphatic carboxylic acids is 1. The number of carbonyl (C=O) groups excluding carboxylic acids is 1. The summed E-state index contributed by atoms with van der Waals surface area (Å²) >= 11 is 1.52. The number of thiophene rings is 1.